The van der Waals surface area contributed by atoms with Crippen molar-refractivity contribution in [2.75, 3.05) is 4.90 Å². The molecule has 5 nitrogen and oxygen atoms in total. The molecule has 0 spiro atoms. The van der Waals surface area contributed by atoms with Gasteiger partial charge in [-0.3, -0.25) is 9.78 Å². The summed E-state index contributed by atoms with van der Waals surface area (Å²) in [5.41, 5.74) is 1.03. The van der Waals surface area contributed by atoms with E-state index in [0.29, 0.717) is 5.75 Å². The van der Waals surface area contributed by atoms with Crippen LogP contribution in [0.5, 0.6) is 11.5 Å². The zero-order chi connectivity index (χ0) is 17.3. The number of rotatable bonds is 3. The van der Waals surface area contributed by atoms with Crippen molar-refractivity contribution in [1.29, 1.82) is 0 Å². The molecule has 8 heteroatoms. The van der Waals surface area contributed by atoms with E-state index < -0.39 is 18.2 Å². The zero-order valence-electron chi connectivity index (χ0n) is 12.6. The van der Waals surface area contributed by atoms with Gasteiger partial charge >= 0.3 is 6.36 Å². The lowest BCUT2D eigenvalue weighted by Gasteiger charge is -2.33. The number of carbonyl (C=O) groups is 1. The highest BCUT2D eigenvalue weighted by Gasteiger charge is 2.34. The molecule has 24 heavy (non-hydrogen) atoms. The van der Waals surface area contributed by atoms with Gasteiger partial charge in [0.15, 0.2) is 6.10 Å². The number of benzene rings is 1. The third-order valence-electron chi connectivity index (χ3n) is 3.46. The van der Waals surface area contributed by atoms with Gasteiger partial charge in [-0.1, -0.05) is 0 Å². The first-order chi connectivity index (χ1) is 11.3. The van der Waals surface area contributed by atoms with Gasteiger partial charge in [-0.15, -0.1) is 13.2 Å². The van der Waals surface area contributed by atoms with Crippen LogP contribution < -0.4 is 14.4 Å². The molecule has 0 fully saturated rings. The number of pyridine rings is 1. The summed E-state index contributed by atoms with van der Waals surface area (Å²) in [5, 5.41) is 0. The summed E-state index contributed by atoms with van der Waals surface area (Å²) in [5.74, 6) is -0.430. The van der Waals surface area contributed by atoms with Gasteiger partial charge in [0.1, 0.15) is 11.5 Å². The van der Waals surface area contributed by atoms with Crippen LogP contribution in [-0.4, -0.2) is 23.4 Å². The van der Waals surface area contributed by atoms with Gasteiger partial charge in [0.2, 0.25) is 0 Å². The van der Waals surface area contributed by atoms with E-state index in [1.54, 1.807) is 31.5 Å². The Balaban J connectivity index is 1.97. The largest absolute Gasteiger partial charge is 0.573 e. The summed E-state index contributed by atoms with van der Waals surface area (Å²) < 4.78 is 46.6. The van der Waals surface area contributed by atoms with Gasteiger partial charge in [-0.2, -0.15) is 0 Å². The molecular formula is C16H13F3N2O3. The van der Waals surface area contributed by atoms with Crippen LogP contribution >= 0.6 is 0 Å². The smallest absolute Gasteiger partial charge is 0.479 e. The van der Waals surface area contributed by atoms with Crippen molar-refractivity contribution in [3.05, 3.63) is 48.3 Å². The summed E-state index contributed by atoms with van der Waals surface area (Å²) in [6.07, 6.45) is -2.38. The quantitative estimate of drug-likeness (QED) is 0.862. The second-order valence-corrected chi connectivity index (χ2v) is 5.22. The SMILES string of the molecule is CC1Oc2ccc(OC(F)(F)F)cc2N(Cc2ccncc2)C1=O. The van der Waals surface area contributed by atoms with Crippen molar-refractivity contribution in [2.45, 2.75) is 25.9 Å². The van der Waals surface area contributed by atoms with E-state index in [0.717, 1.165) is 17.7 Å². The maximum absolute atomic E-state index is 12.4. The Morgan fingerprint density at radius 3 is 2.62 bits per heavy atom. The van der Waals surface area contributed by atoms with E-state index in [4.69, 9.17) is 4.74 Å². The molecule has 0 bridgehead atoms. The summed E-state index contributed by atoms with van der Waals surface area (Å²) >= 11 is 0. The molecule has 3 rings (SSSR count). The van der Waals surface area contributed by atoms with Crippen LogP contribution in [0.15, 0.2) is 42.7 Å². The number of hydrogen-bond acceptors (Lipinski definition) is 4. The highest BCUT2D eigenvalue weighted by Crippen LogP contribution is 2.39. The molecule has 1 amide bonds. The van der Waals surface area contributed by atoms with E-state index >= 15 is 0 Å². The molecule has 1 aliphatic rings. The number of hydrogen-bond donors (Lipinski definition) is 0. The number of halogens is 3. The second-order valence-electron chi connectivity index (χ2n) is 5.22. The van der Waals surface area contributed by atoms with E-state index in [1.807, 2.05) is 0 Å². The Morgan fingerprint density at radius 2 is 1.96 bits per heavy atom. The Labute approximate surface area is 135 Å². The second kappa shape index (κ2) is 6.03. The van der Waals surface area contributed by atoms with Gasteiger partial charge < -0.3 is 14.4 Å². The standard InChI is InChI=1S/C16H13F3N2O3/c1-10-15(22)21(9-11-4-6-20-7-5-11)13-8-12(24-16(17,18)19)2-3-14(13)23-10/h2-8,10H,9H2,1H3. The van der Waals surface area contributed by atoms with E-state index in [9.17, 15) is 18.0 Å². The molecule has 1 aromatic carbocycles. The van der Waals surface area contributed by atoms with E-state index in [2.05, 4.69) is 9.72 Å². The number of fused-ring (bicyclic) bond motifs is 1. The van der Waals surface area contributed by atoms with E-state index in [-0.39, 0.29) is 18.1 Å². The van der Waals surface area contributed by atoms with Crippen molar-refractivity contribution in [1.82, 2.24) is 4.98 Å². The van der Waals surface area contributed by atoms with Crippen LogP contribution in [-0.2, 0) is 11.3 Å². The fourth-order valence-corrected chi connectivity index (χ4v) is 2.42. The summed E-state index contributed by atoms with van der Waals surface area (Å²) in [6.45, 7) is 1.78. The van der Waals surface area contributed by atoms with Crippen LogP contribution in [0.2, 0.25) is 0 Å². The molecular weight excluding hydrogens is 325 g/mol. The van der Waals surface area contributed by atoms with Crippen molar-refractivity contribution >= 4 is 11.6 Å². The minimum atomic E-state index is -4.81. The maximum Gasteiger partial charge on any atom is 0.573 e. The number of ether oxygens (including phenoxy) is 2. The molecule has 1 unspecified atom stereocenters. The number of alkyl halides is 3. The molecule has 0 saturated heterocycles. The van der Waals surface area contributed by atoms with Gasteiger partial charge in [-0.05, 0) is 36.8 Å². The molecule has 0 saturated carbocycles. The average Bonchev–Trinajstić information content (AvgIpc) is 2.52. The fourth-order valence-electron chi connectivity index (χ4n) is 2.42. The van der Waals surface area contributed by atoms with Crippen LogP contribution in [0, 0.1) is 0 Å². The lowest BCUT2D eigenvalue weighted by Crippen LogP contribution is -2.44. The lowest BCUT2D eigenvalue weighted by atomic mass is 10.1. The topological polar surface area (TPSA) is 51.7 Å². The average molecular weight is 338 g/mol. The van der Waals surface area contributed by atoms with Gasteiger partial charge in [0.05, 0.1) is 12.2 Å². The first kappa shape index (κ1) is 16.1. The predicted octanol–water partition coefficient (Wildman–Crippen LogP) is 3.29. The van der Waals surface area contributed by atoms with Crippen molar-refractivity contribution in [2.24, 2.45) is 0 Å². The Morgan fingerprint density at radius 1 is 1.25 bits per heavy atom. The molecule has 1 atom stereocenters. The fraction of sp³-hybridized carbons (Fsp3) is 0.250. The highest BCUT2D eigenvalue weighted by atomic mass is 19.4. The van der Waals surface area contributed by atoms with E-state index in [1.165, 1.54) is 11.0 Å². The van der Waals surface area contributed by atoms with Crippen LogP contribution in [0.3, 0.4) is 0 Å². The first-order valence-corrected chi connectivity index (χ1v) is 7.10. The van der Waals surface area contributed by atoms with Crippen LogP contribution in [0.1, 0.15) is 12.5 Å². The van der Waals surface area contributed by atoms with Crippen LogP contribution in [0.25, 0.3) is 0 Å². The molecule has 0 radical (unpaired) electrons. The number of aromatic nitrogens is 1. The minimum absolute atomic E-state index is 0.192. The summed E-state index contributed by atoms with van der Waals surface area (Å²) in [7, 11) is 0. The number of nitrogens with zero attached hydrogens (tertiary/aromatic N) is 2. The van der Waals surface area contributed by atoms with Crippen molar-refractivity contribution < 1.29 is 27.4 Å². The zero-order valence-corrected chi connectivity index (χ0v) is 12.6. The minimum Gasteiger partial charge on any atom is -0.479 e. The predicted molar refractivity (Wildman–Crippen MR) is 78.6 cm³/mol. The van der Waals surface area contributed by atoms with Gasteiger partial charge in [-0.25, -0.2) is 0 Å². The molecule has 1 aromatic heterocycles. The Hall–Kier alpha value is -2.77. The third kappa shape index (κ3) is 3.42. The number of carbonyl (C=O) groups excluding carboxylic acids is 1. The molecule has 2 aromatic rings. The number of amides is 1. The lowest BCUT2D eigenvalue weighted by molar-refractivity contribution is -0.274. The molecule has 2 heterocycles. The van der Waals surface area contributed by atoms with Gasteiger partial charge in [0.25, 0.3) is 5.91 Å². The Bertz CT molecular complexity index is 750. The first-order valence-electron chi connectivity index (χ1n) is 7.10. The van der Waals surface area contributed by atoms with Crippen LogP contribution in [0.4, 0.5) is 18.9 Å². The summed E-state index contributed by atoms with van der Waals surface area (Å²) in [4.78, 5) is 17.7. The molecule has 126 valence electrons. The normalized spacial score (nSPS) is 17.2. The molecule has 0 N–H and O–H groups in total. The monoisotopic (exact) mass is 338 g/mol. The van der Waals surface area contributed by atoms with Crippen molar-refractivity contribution in [3.8, 4) is 11.5 Å². The Kier molecular flexibility index (Phi) is 4.04. The van der Waals surface area contributed by atoms with Crippen molar-refractivity contribution in [3.63, 3.8) is 0 Å². The molecule has 0 aliphatic carbocycles. The highest BCUT2D eigenvalue weighted by molar-refractivity contribution is 5.99. The molecule has 1 aliphatic heterocycles. The third-order valence-corrected chi connectivity index (χ3v) is 3.46. The number of anilines is 1. The summed E-state index contributed by atoms with van der Waals surface area (Å²) in [6, 6.07) is 7.11. The van der Waals surface area contributed by atoms with Gasteiger partial charge in [0, 0.05) is 18.5 Å². The maximum atomic E-state index is 12.4.